The fourth-order valence-electron chi connectivity index (χ4n) is 2.32. The molecule has 0 amide bonds. The molecule has 0 radical (unpaired) electrons. The maximum atomic E-state index is 2.38. The van der Waals surface area contributed by atoms with Gasteiger partial charge in [-0.05, 0) is 0 Å². The molecule has 0 aliphatic heterocycles. The molecule has 0 unspecified atom stereocenters. The van der Waals surface area contributed by atoms with Gasteiger partial charge in [-0.25, -0.2) is 0 Å². The Balaban J connectivity index is 0.00000128. The van der Waals surface area contributed by atoms with E-state index in [1.165, 1.54) is 12.8 Å². The van der Waals surface area contributed by atoms with Crippen molar-refractivity contribution in [1.82, 2.24) is 0 Å². The van der Waals surface area contributed by atoms with Gasteiger partial charge in [-0.3, -0.25) is 0 Å². The van der Waals surface area contributed by atoms with Crippen LogP contribution in [0.3, 0.4) is 0 Å². The third-order valence-corrected chi connectivity index (χ3v) is 9.36. The Morgan fingerprint density at radius 1 is 0.765 bits per heavy atom. The van der Waals surface area contributed by atoms with Gasteiger partial charge in [0.2, 0.25) is 0 Å². The Hall–Kier alpha value is 0.410. The first-order valence-electron chi connectivity index (χ1n) is 5.57. The van der Waals surface area contributed by atoms with Crippen LogP contribution in [0.2, 0.25) is 0 Å². The summed E-state index contributed by atoms with van der Waals surface area (Å²) < 4.78 is 3.65. The molecule has 0 fully saturated rings. The molecule has 0 spiro atoms. The molecule has 0 N–H and O–H groups in total. The average molecular weight is 436 g/mol. The van der Waals surface area contributed by atoms with E-state index in [9.17, 15) is 0 Å². The van der Waals surface area contributed by atoms with E-state index >= 15 is 0 Å². The standard InChI is InChI=1S/2C7H9.2ClH.Hf/c2*1-6-3-4-7(2)5-6;;;/h2*5H,3H2,1-2H3;2*1H;/q;;;;+2/p-2. The smallest absolute Gasteiger partial charge is 1.00 e. The maximum absolute atomic E-state index is 2.38. The van der Waals surface area contributed by atoms with E-state index in [-0.39, 0.29) is 24.8 Å². The van der Waals surface area contributed by atoms with Crippen LogP contribution in [0.25, 0.3) is 0 Å². The zero-order chi connectivity index (χ0) is 11.0. The van der Waals surface area contributed by atoms with Gasteiger partial charge in [-0.2, -0.15) is 0 Å². The summed E-state index contributed by atoms with van der Waals surface area (Å²) in [5.41, 5.74) is 6.30. The normalized spacial score (nSPS) is 18.4. The molecule has 0 aromatic rings. The number of rotatable bonds is 2. The van der Waals surface area contributed by atoms with Crippen LogP contribution in [0.1, 0.15) is 40.5 Å². The minimum absolute atomic E-state index is 0. The van der Waals surface area contributed by atoms with Crippen molar-refractivity contribution in [3.8, 4) is 0 Å². The molecule has 0 heterocycles. The van der Waals surface area contributed by atoms with Crippen molar-refractivity contribution in [3.05, 3.63) is 41.1 Å². The van der Waals surface area contributed by atoms with Gasteiger partial charge >= 0.3 is 105 Å². The van der Waals surface area contributed by atoms with Gasteiger partial charge in [0.15, 0.2) is 0 Å². The summed E-state index contributed by atoms with van der Waals surface area (Å²) in [4.78, 5) is 0. The van der Waals surface area contributed by atoms with E-state index in [0.29, 0.717) is 0 Å². The summed E-state index contributed by atoms with van der Waals surface area (Å²) in [7, 11) is 0. The van der Waals surface area contributed by atoms with E-state index in [0.717, 1.165) is 0 Å². The quantitative estimate of drug-likeness (QED) is 0.455. The molecule has 0 atom stereocenters. The summed E-state index contributed by atoms with van der Waals surface area (Å²) >= 11 is -0.672. The number of hydrogen-bond acceptors (Lipinski definition) is 0. The first-order chi connectivity index (χ1) is 7.06. The minimum Gasteiger partial charge on any atom is -1.00 e. The molecule has 2 aliphatic carbocycles. The Bertz CT molecular complexity index is 386. The molecule has 0 saturated heterocycles. The SMILES string of the molecule is CC1=CC(C)=[C]([Hf+2][C]2=C(C)C=C(C)C2)C1.[Cl-].[Cl-]. The van der Waals surface area contributed by atoms with E-state index < -0.39 is 22.9 Å². The second-order valence-electron chi connectivity index (χ2n) is 4.78. The molecular weight excluding hydrogens is 418 g/mol. The van der Waals surface area contributed by atoms with Gasteiger partial charge in [0.05, 0.1) is 0 Å². The predicted octanol–water partition coefficient (Wildman–Crippen LogP) is -1.68. The largest absolute Gasteiger partial charge is 1.00 e. The van der Waals surface area contributed by atoms with Gasteiger partial charge < -0.3 is 24.8 Å². The van der Waals surface area contributed by atoms with Crippen molar-refractivity contribution in [1.29, 1.82) is 0 Å². The third-order valence-electron chi connectivity index (χ3n) is 3.09. The van der Waals surface area contributed by atoms with Crippen molar-refractivity contribution >= 4 is 0 Å². The van der Waals surface area contributed by atoms with Crippen molar-refractivity contribution in [2.45, 2.75) is 40.5 Å². The fourth-order valence-corrected chi connectivity index (χ4v) is 8.20. The Kier molecular flexibility index (Phi) is 7.28. The zero-order valence-corrected chi connectivity index (χ0v) is 15.9. The predicted molar refractivity (Wildman–Crippen MR) is 62.1 cm³/mol. The first kappa shape index (κ1) is 17.4. The number of halogens is 2. The number of hydrogen-bond donors (Lipinski definition) is 0. The van der Waals surface area contributed by atoms with Crippen LogP contribution in [0.4, 0.5) is 0 Å². The maximum Gasteiger partial charge on any atom is -1.00 e. The van der Waals surface area contributed by atoms with E-state index in [2.05, 4.69) is 39.8 Å². The Morgan fingerprint density at radius 2 is 1.12 bits per heavy atom. The molecular formula is C14H18Cl2Hf. The molecule has 3 heteroatoms. The van der Waals surface area contributed by atoms with Crippen LogP contribution in [-0.4, -0.2) is 0 Å². The van der Waals surface area contributed by atoms with Gasteiger partial charge in [-0.15, -0.1) is 0 Å². The van der Waals surface area contributed by atoms with Gasteiger partial charge in [0.25, 0.3) is 0 Å². The molecule has 2 rings (SSSR count). The average Bonchev–Trinajstić information content (AvgIpc) is 2.58. The van der Waals surface area contributed by atoms with Crippen LogP contribution >= 0.6 is 0 Å². The molecule has 0 aromatic carbocycles. The second-order valence-corrected chi connectivity index (χ2v) is 10.0. The summed E-state index contributed by atoms with van der Waals surface area (Å²) in [5.74, 6) is 0. The molecule has 0 nitrogen and oxygen atoms in total. The Morgan fingerprint density at radius 3 is 1.35 bits per heavy atom. The van der Waals surface area contributed by atoms with E-state index in [1.807, 2.05) is 6.66 Å². The molecule has 0 bridgehead atoms. The molecule has 0 saturated carbocycles. The summed E-state index contributed by atoms with van der Waals surface area (Å²) in [6.45, 7) is 9.12. The first-order valence-corrected chi connectivity index (χ1v) is 9.16. The molecule has 17 heavy (non-hydrogen) atoms. The van der Waals surface area contributed by atoms with Gasteiger partial charge in [0.1, 0.15) is 0 Å². The van der Waals surface area contributed by atoms with Crippen molar-refractivity contribution in [2.75, 3.05) is 0 Å². The molecule has 2 aliphatic rings. The number of allylic oxidation sites excluding steroid dienone is 8. The van der Waals surface area contributed by atoms with Crippen LogP contribution in [0.5, 0.6) is 0 Å². The van der Waals surface area contributed by atoms with Gasteiger partial charge in [-0.1, -0.05) is 0 Å². The molecule has 0 aromatic heterocycles. The summed E-state index contributed by atoms with van der Waals surface area (Å²) in [6.07, 6.45) is 7.33. The van der Waals surface area contributed by atoms with Crippen LogP contribution in [0.15, 0.2) is 41.1 Å². The second kappa shape index (κ2) is 7.11. The van der Waals surface area contributed by atoms with Gasteiger partial charge in [0, 0.05) is 0 Å². The summed E-state index contributed by atoms with van der Waals surface area (Å²) in [6, 6.07) is 0. The summed E-state index contributed by atoms with van der Waals surface area (Å²) in [5, 5.41) is 0. The minimum atomic E-state index is -0.672. The van der Waals surface area contributed by atoms with Crippen molar-refractivity contribution in [2.24, 2.45) is 0 Å². The van der Waals surface area contributed by atoms with E-state index in [1.54, 1.807) is 22.3 Å². The third kappa shape index (κ3) is 4.22. The fraction of sp³-hybridized carbons (Fsp3) is 0.429. The van der Waals surface area contributed by atoms with E-state index in [4.69, 9.17) is 0 Å². The topological polar surface area (TPSA) is 0 Å². The van der Waals surface area contributed by atoms with Crippen LogP contribution in [0, 0.1) is 0 Å². The van der Waals surface area contributed by atoms with Crippen molar-refractivity contribution < 1.29 is 47.7 Å². The van der Waals surface area contributed by atoms with Crippen molar-refractivity contribution in [3.63, 3.8) is 0 Å². The van der Waals surface area contributed by atoms with Crippen LogP contribution in [-0.2, 0) is 22.9 Å². The Labute approximate surface area is 129 Å². The van der Waals surface area contributed by atoms with Crippen LogP contribution < -0.4 is 24.8 Å². The molecule has 92 valence electrons. The zero-order valence-electron chi connectivity index (χ0n) is 10.8. The monoisotopic (exact) mass is 436 g/mol.